The molecule has 10 nitrogen and oxygen atoms in total. The Balaban J connectivity index is 0.000000338. The molecule has 14 heteroatoms. The lowest BCUT2D eigenvalue weighted by Gasteiger charge is -2.16. The van der Waals surface area contributed by atoms with Crippen LogP contribution in [0.4, 0.5) is 8.78 Å². The zero-order chi connectivity index (χ0) is 44.8. The summed E-state index contributed by atoms with van der Waals surface area (Å²) in [6, 6.07) is 0. The number of nitrogens with one attached hydrogen (secondary N) is 1. The monoisotopic (exact) mass is 875 g/mol. The second kappa shape index (κ2) is 27.1. The molecular weight excluding hydrogens is 801 g/mol. The molecule has 8 rings (SSSR count). The molecule has 0 spiro atoms. The molecule has 59 heavy (non-hydrogen) atoms. The Bertz CT molecular complexity index is 1380. The molecule has 0 unspecified atom stereocenters. The highest BCUT2D eigenvalue weighted by atomic mass is 32.2. The number of rotatable bonds is 0. The van der Waals surface area contributed by atoms with E-state index in [0.29, 0.717) is 24.1 Å². The van der Waals surface area contributed by atoms with Gasteiger partial charge < -0.3 is 47.9 Å². The fraction of sp³-hybridized carbons (Fsp3) is 0.689. The normalized spacial score (nSPS) is 22.3. The summed E-state index contributed by atoms with van der Waals surface area (Å²) < 4.78 is 67.9. The van der Waals surface area contributed by atoms with Gasteiger partial charge in [-0.2, -0.15) is 0 Å². The summed E-state index contributed by atoms with van der Waals surface area (Å²) in [6.07, 6.45) is 4.48. The largest absolute Gasteiger partial charge is 0.585 e. The molecule has 0 amide bonds. The van der Waals surface area contributed by atoms with Crippen molar-refractivity contribution in [3.63, 3.8) is 0 Å². The third-order valence-electron chi connectivity index (χ3n) is 9.66. The molecule has 0 bridgehead atoms. The molecule has 0 aromatic heterocycles. The molecule has 0 saturated carbocycles. The van der Waals surface area contributed by atoms with Gasteiger partial charge in [0.1, 0.15) is 47.8 Å². The molecule has 8 aliphatic rings. The fourth-order valence-electron chi connectivity index (χ4n) is 4.90. The zero-order valence-corrected chi connectivity index (χ0v) is 40.5. The summed E-state index contributed by atoms with van der Waals surface area (Å²) in [5, 5.41) is 3.25. The standard InChI is InChI=1S/C7H10.C6H11N.C6H10O2.C6H10O.C5H6F2O2.C5H10O2.C5H8O2.C5H10S2/c1-6-4-3-5-7(6)2;1-5-3-4-7-6(5)2;1-5-6(2)8-4-3-7-5;1-5-3-4-7-6(5)2;1-3-4(2)9-5(6,7)8-3;1-5(2)6-3-4-7-5;1-4-5(2)7-3-6-4;1-5(2)6-3-4-7-5/h3-4H,5H2,1-2H3;7H,3-4H2,1-2H3;3-4H2,1-2H3;3-4H2,1-2H3;1-2H3;3-4H2,1-2H3;3H2,1-2H3;3-4H2,1-2H3. The van der Waals surface area contributed by atoms with Crippen molar-refractivity contribution in [2.24, 2.45) is 0 Å². The van der Waals surface area contributed by atoms with Crippen molar-refractivity contribution in [3.05, 3.63) is 80.5 Å². The molecule has 1 aliphatic carbocycles. The Morgan fingerprint density at radius 1 is 0.542 bits per heavy atom. The van der Waals surface area contributed by atoms with E-state index in [-0.39, 0.29) is 17.3 Å². The van der Waals surface area contributed by atoms with Crippen LogP contribution in [-0.2, 0) is 42.6 Å². The summed E-state index contributed by atoms with van der Waals surface area (Å²) >= 11 is 4.12. The van der Waals surface area contributed by atoms with Crippen LogP contribution in [0.2, 0.25) is 0 Å². The van der Waals surface area contributed by atoms with Gasteiger partial charge in [-0.15, -0.1) is 32.3 Å². The van der Waals surface area contributed by atoms with E-state index in [1.165, 1.54) is 66.2 Å². The molecule has 0 radical (unpaired) electrons. The molecule has 0 atom stereocenters. The quantitative estimate of drug-likeness (QED) is 0.251. The van der Waals surface area contributed by atoms with Gasteiger partial charge in [0, 0.05) is 30.2 Å². The molecule has 7 aliphatic heterocycles. The lowest BCUT2D eigenvalue weighted by atomic mass is 10.2. The Morgan fingerprint density at radius 2 is 1.02 bits per heavy atom. The van der Waals surface area contributed by atoms with Crippen molar-refractivity contribution in [2.45, 2.75) is 146 Å². The number of ether oxygens (including phenoxy) is 9. The number of hydrogen-bond donors (Lipinski definition) is 1. The summed E-state index contributed by atoms with van der Waals surface area (Å²) in [4.78, 5) is 0. The first-order chi connectivity index (χ1) is 27.4. The number of thioether (sulfide) groups is 2. The Morgan fingerprint density at radius 3 is 1.17 bits per heavy atom. The molecule has 340 valence electrons. The van der Waals surface area contributed by atoms with E-state index >= 15 is 0 Å². The number of alkyl halides is 2. The van der Waals surface area contributed by atoms with Crippen LogP contribution < -0.4 is 5.32 Å². The third kappa shape index (κ3) is 24.2. The topological polar surface area (TPSA) is 95.1 Å². The van der Waals surface area contributed by atoms with Crippen LogP contribution in [0.25, 0.3) is 0 Å². The van der Waals surface area contributed by atoms with Gasteiger partial charge in [0.2, 0.25) is 6.79 Å². The highest BCUT2D eigenvalue weighted by Crippen LogP contribution is 2.42. The molecule has 1 N–H and O–H groups in total. The number of hydrogen-bond acceptors (Lipinski definition) is 12. The van der Waals surface area contributed by atoms with Crippen LogP contribution in [0.15, 0.2) is 80.5 Å². The second-order valence-corrected chi connectivity index (χ2v) is 19.1. The first kappa shape index (κ1) is 54.1. The van der Waals surface area contributed by atoms with E-state index < -0.39 is 6.29 Å². The number of halogens is 2. The SMILES string of the molecule is CC1(C)OCCO1.CC1(C)SCCS1.CC1=C(C)CC=C1.CC1=C(C)NCC1.CC1=C(C)OC(F)(F)O1.CC1=C(C)OCC1.CC1=C(C)OCCO1.CC1=C(C)OCO1. The van der Waals surface area contributed by atoms with E-state index in [9.17, 15) is 8.78 Å². The zero-order valence-electron chi connectivity index (χ0n) is 38.9. The summed E-state index contributed by atoms with van der Waals surface area (Å²) in [7, 11) is 0. The second-order valence-electron chi connectivity index (χ2n) is 15.4. The average Bonchev–Trinajstić information content (AvgIpc) is 4.05. The van der Waals surface area contributed by atoms with Gasteiger partial charge in [0.25, 0.3) is 0 Å². The van der Waals surface area contributed by atoms with Crippen molar-refractivity contribution in [1.29, 1.82) is 0 Å². The van der Waals surface area contributed by atoms with Crippen LogP contribution in [0.5, 0.6) is 0 Å². The van der Waals surface area contributed by atoms with Gasteiger partial charge in [-0.05, 0) is 129 Å². The fourth-order valence-corrected chi connectivity index (χ4v) is 7.39. The Kier molecular flexibility index (Phi) is 24.8. The van der Waals surface area contributed by atoms with E-state index in [0.717, 1.165) is 61.6 Å². The number of allylic oxidation sites excluding steroid dienone is 12. The lowest BCUT2D eigenvalue weighted by Crippen LogP contribution is -2.18. The summed E-state index contributed by atoms with van der Waals surface area (Å²) in [6.45, 7) is 37.0. The summed E-state index contributed by atoms with van der Waals surface area (Å²) in [5.41, 5.74) is 7.25. The molecular formula is C45H75F2NO9S2. The molecule has 0 aromatic rings. The van der Waals surface area contributed by atoms with Crippen LogP contribution in [0.1, 0.15) is 130 Å². The lowest BCUT2D eigenvalue weighted by molar-refractivity contribution is -0.337. The van der Waals surface area contributed by atoms with Crippen molar-refractivity contribution in [3.8, 4) is 0 Å². The van der Waals surface area contributed by atoms with Crippen molar-refractivity contribution in [2.75, 3.05) is 57.9 Å². The highest BCUT2D eigenvalue weighted by Gasteiger charge is 2.41. The minimum atomic E-state index is -3.44. The maximum absolute atomic E-state index is 12.0. The van der Waals surface area contributed by atoms with Crippen LogP contribution in [0, 0.1) is 0 Å². The van der Waals surface area contributed by atoms with Gasteiger partial charge in [0.15, 0.2) is 5.79 Å². The Hall–Kier alpha value is -2.94. The van der Waals surface area contributed by atoms with Crippen molar-refractivity contribution < 1.29 is 51.4 Å². The first-order valence-electron chi connectivity index (χ1n) is 20.3. The van der Waals surface area contributed by atoms with Crippen molar-refractivity contribution >= 4 is 23.5 Å². The van der Waals surface area contributed by atoms with Gasteiger partial charge in [0.05, 0.1) is 29.7 Å². The van der Waals surface area contributed by atoms with Gasteiger partial charge in [-0.3, -0.25) is 0 Å². The summed E-state index contributed by atoms with van der Waals surface area (Å²) in [5.74, 6) is 7.42. The van der Waals surface area contributed by atoms with E-state index in [4.69, 9.17) is 33.2 Å². The van der Waals surface area contributed by atoms with Gasteiger partial charge >= 0.3 is 6.29 Å². The van der Waals surface area contributed by atoms with Crippen LogP contribution in [0.3, 0.4) is 0 Å². The average molecular weight is 876 g/mol. The van der Waals surface area contributed by atoms with Crippen LogP contribution in [-0.4, -0.2) is 74.0 Å². The van der Waals surface area contributed by atoms with Crippen molar-refractivity contribution in [1.82, 2.24) is 5.32 Å². The molecule has 0 aromatic carbocycles. The molecule has 2 fully saturated rings. The molecule has 2 saturated heterocycles. The van der Waals surface area contributed by atoms with Crippen LogP contribution >= 0.6 is 23.5 Å². The van der Waals surface area contributed by atoms with Gasteiger partial charge in [-0.25, -0.2) is 0 Å². The maximum Gasteiger partial charge on any atom is 0.585 e. The van der Waals surface area contributed by atoms with E-state index in [2.05, 4.69) is 98.9 Å². The van der Waals surface area contributed by atoms with E-state index in [1.54, 1.807) is 0 Å². The minimum Gasteiger partial charge on any atom is -0.498 e. The maximum atomic E-state index is 12.0. The smallest absolute Gasteiger partial charge is 0.498 e. The van der Waals surface area contributed by atoms with E-state index in [1.807, 2.05) is 48.5 Å². The minimum absolute atomic E-state index is 0.139. The first-order valence-corrected chi connectivity index (χ1v) is 22.3. The highest BCUT2D eigenvalue weighted by molar-refractivity contribution is 8.21. The predicted molar refractivity (Wildman–Crippen MR) is 238 cm³/mol. The third-order valence-corrected chi connectivity index (χ3v) is 12.8. The molecule has 7 heterocycles. The Labute approximate surface area is 363 Å². The van der Waals surface area contributed by atoms with Gasteiger partial charge in [-0.1, -0.05) is 28.9 Å². The predicted octanol–water partition coefficient (Wildman–Crippen LogP) is 12.6.